The first kappa shape index (κ1) is 14.6. The van der Waals surface area contributed by atoms with E-state index in [1.54, 1.807) is 0 Å². The van der Waals surface area contributed by atoms with Gasteiger partial charge in [0.05, 0.1) is 6.61 Å². The van der Waals surface area contributed by atoms with Gasteiger partial charge >= 0.3 is 5.97 Å². The lowest BCUT2D eigenvalue weighted by Gasteiger charge is -2.33. The van der Waals surface area contributed by atoms with E-state index in [2.05, 4.69) is 5.32 Å². The van der Waals surface area contributed by atoms with Gasteiger partial charge in [-0.25, -0.2) is 4.79 Å². The molecule has 0 heterocycles. The fourth-order valence-electron chi connectivity index (χ4n) is 1.65. The molecule has 1 aromatic carbocycles. The summed E-state index contributed by atoms with van der Waals surface area (Å²) in [7, 11) is 0. The average molecular weight is 249 g/mol. The molecule has 0 aliphatic heterocycles. The summed E-state index contributed by atoms with van der Waals surface area (Å²) >= 11 is 0. The van der Waals surface area contributed by atoms with Gasteiger partial charge in [0, 0.05) is 5.69 Å². The summed E-state index contributed by atoms with van der Waals surface area (Å²) < 4.78 is 5.16. The van der Waals surface area contributed by atoms with Gasteiger partial charge in [0.15, 0.2) is 0 Å². The quantitative estimate of drug-likeness (QED) is 0.813. The SMILES string of the molecule is CCOC(=O)C(C)(Nc1ccc(C)cc1)C(C)C. The van der Waals surface area contributed by atoms with E-state index in [0.29, 0.717) is 6.61 Å². The summed E-state index contributed by atoms with van der Waals surface area (Å²) in [6.07, 6.45) is 0. The van der Waals surface area contributed by atoms with Gasteiger partial charge in [-0.2, -0.15) is 0 Å². The van der Waals surface area contributed by atoms with Crippen LogP contribution < -0.4 is 5.32 Å². The molecule has 1 unspecified atom stereocenters. The van der Waals surface area contributed by atoms with E-state index in [-0.39, 0.29) is 11.9 Å². The predicted octanol–water partition coefficient (Wildman–Crippen LogP) is 3.38. The molecule has 100 valence electrons. The zero-order valence-corrected chi connectivity index (χ0v) is 11.9. The van der Waals surface area contributed by atoms with Crippen LogP contribution in [0.2, 0.25) is 0 Å². The molecule has 0 aromatic heterocycles. The first-order valence-electron chi connectivity index (χ1n) is 6.42. The molecule has 0 aliphatic rings. The van der Waals surface area contributed by atoms with Gasteiger partial charge in [-0.05, 0) is 38.8 Å². The molecule has 3 heteroatoms. The highest BCUT2D eigenvalue weighted by Crippen LogP contribution is 2.24. The van der Waals surface area contributed by atoms with Crippen molar-refractivity contribution in [1.29, 1.82) is 0 Å². The lowest BCUT2D eigenvalue weighted by Crippen LogP contribution is -2.49. The minimum Gasteiger partial charge on any atom is -0.464 e. The first-order valence-corrected chi connectivity index (χ1v) is 6.42. The van der Waals surface area contributed by atoms with Crippen molar-refractivity contribution in [3.05, 3.63) is 29.8 Å². The minimum atomic E-state index is -0.703. The van der Waals surface area contributed by atoms with Crippen LogP contribution in [0.4, 0.5) is 5.69 Å². The second-order valence-electron chi connectivity index (χ2n) is 5.07. The highest BCUT2D eigenvalue weighted by Gasteiger charge is 2.38. The lowest BCUT2D eigenvalue weighted by molar-refractivity contribution is -0.149. The number of benzene rings is 1. The van der Waals surface area contributed by atoms with E-state index in [1.165, 1.54) is 5.56 Å². The molecule has 1 atom stereocenters. The van der Waals surface area contributed by atoms with Gasteiger partial charge in [0.2, 0.25) is 0 Å². The smallest absolute Gasteiger partial charge is 0.331 e. The summed E-state index contributed by atoms with van der Waals surface area (Å²) in [5.41, 5.74) is 1.43. The number of ether oxygens (including phenoxy) is 1. The summed E-state index contributed by atoms with van der Waals surface area (Å²) in [5.74, 6) is -0.0709. The number of anilines is 1. The van der Waals surface area contributed by atoms with E-state index in [1.807, 2.05) is 58.9 Å². The van der Waals surface area contributed by atoms with Crippen molar-refractivity contribution < 1.29 is 9.53 Å². The first-order chi connectivity index (χ1) is 8.40. The maximum Gasteiger partial charge on any atom is 0.331 e. The topological polar surface area (TPSA) is 38.3 Å². The van der Waals surface area contributed by atoms with Gasteiger partial charge in [-0.3, -0.25) is 0 Å². The molecule has 3 nitrogen and oxygen atoms in total. The molecular weight excluding hydrogens is 226 g/mol. The summed E-state index contributed by atoms with van der Waals surface area (Å²) in [6.45, 7) is 10.2. The second kappa shape index (κ2) is 5.89. The molecule has 0 radical (unpaired) electrons. The molecule has 0 aliphatic carbocycles. The molecule has 1 aromatic rings. The van der Waals surface area contributed by atoms with E-state index in [0.717, 1.165) is 5.69 Å². The monoisotopic (exact) mass is 249 g/mol. The van der Waals surface area contributed by atoms with Crippen LogP contribution >= 0.6 is 0 Å². The molecule has 18 heavy (non-hydrogen) atoms. The Labute approximate surface area is 110 Å². The zero-order chi connectivity index (χ0) is 13.8. The predicted molar refractivity (Wildman–Crippen MR) is 74.7 cm³/mol. The highest BCUT2D eigenvalue weighted by atomic mass is 16.5. The van der Waals surface area contributed by atoms with Crippen LogP contribution in [0.5, 0.6) is 0 Å². The maximum atomic E-state index is 12.1. The molecule has 0 amide bonds. The fourth-order valence-corrected chi connectivity index (χ4v) is 1.65. The van der Waals surface area contributed by atoms with Crippen molar-refractivity contribution in [2.45, 2.75) is 40.2 Å². The Morgan fingerprint density at radius 3 is 2.33 bits per heavy atom. The molecule has 1 rings (SSSR count). The number of carbonyl (C=O) groups excluding carboxylic acids is 1. The zero-order valence-electron chi connectivity index (χ0n) is 11.9. The average Bonchev–Trinajstić information content (AvgIpc) is 2.32. The normalized spacial score (nSPS) is 14.1. The van der Waals surface area contributed by atoms with Crippen molar-refractivity contribution in [3.8, 4) is 0 Å². The molecule has 0 saturated heterocycles. The van der Waals surface area contributed by atoms with Crippen LogP contribution in [0.3, 0.4) is 0 Å². The molecule has 0 bridgehead atoms. The van der Waals surface area contributed by atoms with E-state index in [4.69, 9.17) is 4.74 Å². The second-order valence-corrected chi connectivity index (χ2v) is 5.07. The van der Waals surface area contributed by atoms with Crippen molar-refractivity contribution >= 4 is 11.7 Å². The van der Waals surface area contributed by atoms with Crippen LogP contribution in [0.25, 0.3) is 0 Å². The number of aryl methyl sites for hydroxylation is 1. The maximum absolute atomic E-state index is 12.1. The van der Waals surface area contributed by atoms with Gasteiger partial charge in [0.1, 0.15) is 5.54 Å². The van der Waals surface area contributed by atoms with Crippen molar-refractivity contribution in [2.24, 2.45) is 5.92 Å². The van der Waals surface area contributed by atoms with Crippen molar-refractivity contribution in [1.82, 2.24) is 0 Å². The van der Waals surface area contributed by atoms with Crippen LogP contribution in [-0.2, 0) is 9.53 Å². The number of nitrogens with one attached hydrogen (secondary N) is 1. The number of hydrogen-bond donors (Lipinski definition) is 1. The Kier molecular flexibility index (Phi) is 4.76. The molecule has 0 spiro atoms. The van der Waals surface area contributed by atoms with Crippen molar-refractivity contribution in [2.75, 3.05) is 11.9 Å². The number of rotatable bonds is 5. The van der Waals surface area contributed by atoms with E-state index >= 15 is 0 Å². The molecule has 0 saturated carbocycles. The third-order valence-corrected chi connectivity index (χ3v) is 3.31. The lowest BCUT2D eigenvalue weighted by atomic mass is 9.88. The Hall–Kier alpha value is -1.51. The largest absolute Gasteiger partial charge is 0.464 e. The Morgan fingerprint density at radius 2 is 1.89 bits per heavy atom. The van der Waals surface area contributed by atoms with E-state index < -0.39 is 5.54 Å². The Bertz CT molecular complexity index is 397. The molecule has 0 fully saturated rings. The number of carbonyl (C=O) groups is 1. The third kappa shape index (κ3) is 3.25. The third-order valence-electron chi connectivity index (χ3n) is 3.31. The van der Waals surface area contributed by atoms with Crippen molar-refractivity contribution in [3.63, 3.8) is 0 Å². The van der Waals surface area contributed by atoms with Crippen LogP contribution in [0.1, 0.15) is 33.3 Å². The Balaban J connectivity index is 2.92. The highest BCUT2D eigenvalue weighted by molar-refractivity contribution is 5.84. The van der Waals surface area contributed by atoms with E-state index in [9.17, 15) is 4.79 Å². The van der Waals surface area contributed by atoms with Gasteiger partial charge in [-0.1, -0.05) is 31.5 Å². The summed E-state index contributed by atoms with van der Waals surface area (Å²) in [5, 5.41) is 3.29. The Morgan fingerprint density at radius 1 is 1.33 bits per heavy atom. The molecular formula is C15H23NO2. The fraction of sp³-hybridized carbons (Fsp3) is 0.533. The summed E-state index contributed by atoms with van der Waals surface area (Å²) in [6, 6.07) is 8.01. The van der Waals surface area contributed by atoms with Crippen LogP contribution in [-0.4, -0.2) is 18.1 Å². The minimum absolute atomic E-state index is 0.137. The van der Waals surface area contributed by atoms with Gasteiger partial charge in [-0.15, -0.1) is 0 Å². The van der Waals surface area contributed by atoms with Gasteiger partial charge < -0.3 is 10.1 Å². The standard InChI is InChI=1S/C15H23NO2/c1-6-18-14(17)15(5,11(2)3)16-13-9-7-12(4)8-10-13/h7-11,16H,6H2,1-5H3. The number of esters is 1. The number of hydrogen-bond acceptors (Lipinski definition) is 3. The molecule has 1 N–H and O–H groups in total. The van der Waals surface area contributed by atoms with Crippen LogP contribution in [0.15, 0.2) is 24.3 Å². The van der Waals surface area contributed by atoms with Gasteiger partial charge in [0.25, 0.3) is 0 Å². The van der Waals surface area contributed by atoms with Crippen LogP contribution in [0, 0.1) is 12.8 Å². The summed E-state index contributed by atoms with van der Waals surface area (Å²) in [4.78, 5) is 12.1.